The van der Waals surface area contributed by atoms with Crippen LogP contribution in [0.3, 0.4) is 0 Å². The fraction of sp³-hybridized carbons (Fsp3) is 0.413. The van der Waals surface area contributed by atoms with E-state index in [1.807, 2.05) is 30.3 Å². The van der Waals surface area contributed by atoms with Crippen LogP contribution in [0, 0.1) is 16.5 Å². The minimum Gasteiger partial charge on any atom is -0.733 e. The van der Waals surface area contributed by atoms with E-state index in [0.29, 0.717) is 72.4 Å². The maximum Gasteiger partial charge on any atom is 0.268 e. The van der Waals surface area contributed by atoms with Gasteiger partial charge in [-0.1, -0.05) is 55.3 Å². The SMILES string of the molecule is C[C@H]1CN(C2CCC(CNc3ccc(S(=O)(=O)NC(=O)c4ccc(NCCNCC5=C(c6ccc(Cl)cc6)CC(C)(C)CC5)cc4Oc4cnc5[nH]ccc5c4)cc3N([O-])O)CC2)CCN1Cc1ccc2c(c1)CN(C1CCC(=O)NC1=O)C2=O. The second-order valence-corrected chi connectivity index (χ2v) is 26.2. The lowest BCUT2D eigenvalue weighted by Crippen LogP contribution is -2.55. The number of carbonyl (C=O) groups is 4. The van der Waals surface area contributed by atoms with Gasteiger partial charge in [-0.2, -0.15) is 0 Å². The van der Waals surface area contributed by atoms with Crippen LogP contribution in [0.5, 0.6) is 11.5 Å². The molecule has 2 saturated heterocycles. The minimum atomic E-state index is -4.60. The molecule has 2 aliphatic carbocycles. The number of benzene rings is 4. The molecule has 20 nitrogen and oxygen atoms in total. The number of fused-ring (bicyclic) bond motifs is 2. The number of amides is 4. The van der Waals surface area contributed by atoms with E-state index in [2.05, 4.69) is 84.7 Å². The predicted octanol–water partition coefficient (Wildman–Crippen LogP) is 9.42. The molecule has 2 aromatic heterocycles. The third-order valence-corrected chi connectivity index (χ3v) is 19.2. The number of anilines is 3. The van der Waals surface area contributed by atoms with Crippen molar-refractivity contribution in [3.63, 3.8) is 0 Å². The summed E-state index contributed by atoms with van der Waals surface area (Å²) in [6.45, 7) is 13.1. The summed E-state index contributed by atoms with van der Waals surface area (Å²) in [6.07, 6.45) is 10.7. The first-order valence-corrected chi connectivity index (χ1v) is 31.2. The molecule has 2 atom stereocenters. The van der Waals surface area contributed by atoms with Gasteiger partial charge in [0.25, 0.3) is 21.8 Å². The molecule has 5 heterocycles. The van der Waals surface area contributed by atoms with Crippen LogP contribution in [0.15, 0.2) is 114 Å². The Hall–Kier alpha value is -7.37. The number of hydrogen-bond donors (Lipinski definition) is 7. The topological polar surface area (TPSA) is 257 Å². The first-order valence-electron chi connectivity index (χ1n) is 29.4. The first kappa shape index (κ1) is 59.4. The molecular formula is C63H73ClN11O9S-. The molecule has 5 aliphatic rings. The number of rotatable bonds is 20. The normalized spacial score (nSPS) is 21.2. The molecule has 3 fully saturated rings. The van der Waals surface area contributed by atoms with Gasteiger partial charge in [-0.3, -0.25) is 39.5 Å². The van der Waals surface area contributed by atoms with Gasteiger partial charge in [-0.15, -0.1) is 0 Å². The van der Waals surface area contributed by atoms with Gasteiger partial charge in [0.15, 0.2) is 0 Å². The number of halogens is 1. The number of nitrogens with zero attached hydrogens (tertiary/aromatic N) is 5. The molecule has 0 bridgehead atoms. The summed E-state index contributed by atoms with van der Waals surface area (Å²) >= 11 is 6.22. The van der Waals surface area contributed by atoms with Crippen molar-refractivity contribution in [2.75, 3.05) is 61.7 Å². The Bertz CT molecular complexity index is 3640. The highest BCUT2D eigenvalue weighted by Gasteiger charge is 2.40. The number of imide groups is 1. The second-order valence-electron chi connectivity index (χ2n) is 24.1. The van der Waals surface area contributed by atoms with Gasteiger partial charge in [0.2, 0.25) is 11.8 Å². The third kappa shape index (κ3) is 13.8. The molecule has 1 saturated carbocycles. The van der Waals surface area contributed by atoms with Crippen molar-refractivity contribution in [1.29, 1.82) is 0 Å². The standard InChI is InChI=1S/C63H73ClN11O9S/c1-39-36-73(27-26-72(39)37-41-6-15-51-45(28-41)38-74(62(51)79)55-18-19-58(76)70-61(55)78)48-12-4-40(5-13-48)33-68-54-17-14-50(31-56(54)75(80)81)85(82,83)71-60(77)52-16-11-47(30-57(52)84-49-29-43-21-23-67-59(43)69-35-49)66-25-24-65-34-44-20-22-63(2,3)32-53(44)42-7-9-46(64)10-8-42/h6-11,14-17,21,23,28-31,35,39-40,48,55,65-66,68,80H,4-5,12-13,18-20,22,24-27,32-34,36-38H2,1-3H3,(H,67,69)(H,71,77)(H,70,76,78)/q-1/t39-,40?,48?,55?/m0/s1. The van der Waals surface area contributed by atoms with Crippen LogP contribution in [-0.2, 0) is 32.7 Å². The Morgan fingerprint density at radius 3 is 2.52 bits per heavy atom. The lowest BCUT2D eigenvalue weighted by Gasteiger charge is -2.45. The van der Waals surface area contributed by atoms with E-state index in [1.165, 1.54) is 41.1 Å². The monoisotopic (exact) mass is 1190 g/mol. The Labute approximate surface area is 500 Å². The number of carbonyl (C=O) groups excluding carboxylic acids is 4. The average molecular weight is 1200 g/mol. The number of sulfonamides is 1. The number of hydrogen-bond acceptors (Lipinski definition) is 16. The second kappa shape index (κ2) is 25.3. The summed E-state index contributed by atoms with van der Waals surface area (Å²) in [5.74, 6) is -1.21. The third-order valence-electron chi connectivity index (χ3n) is 17.6. The van der Waals surface area contributed by atoms with Gasteiger partial charge in [0, 0.05) is 111 Å². The summed E-state index contributed by atoms with van der Waals surface area (Å²) in [7, 11) is -4.60. The van der Waals surface area contributed by atoms with Crippen LogP contribution in [0.25, 0.3) is 16.6 Å². The Kier molecular flexibility index (Phi) is 17.7. The predicted molar refractivity (Wildman–Crippen MR) is 327 cm³/mol. The van der Waals surface area contributed by atoms with Crippen molar-refractivity contribution < 1.29 is 37.5 Å². The summed E-state index contributed by atoms with van der Waals surface area (Å²) in [6, 6.07) is 26.2. The van der Waals surface area contributed by atoms with Gasteiger partial charge in [0.05, 0.1) is 28.0 Å². The number of piperazine rings is 1. The molecule has 85 heavy (non-hydrogen) atoms. The highest BCUT2D eigenvalue weighted by Crippen LogP contribution is 2.43. The van der Waals surface area contributed by atoms with E-state index >= 15 is 0 Å². The highest BCUT2D eigenvalue weighted by atomic mass is 35.5. The first-order chi connectivity index (χ1) is 40.8. The molecule has 448 valence electrons. The minimum absolute atomic E-state index is 0.0731. The molecule has 0 spiro atoms. The number of nitrogens with one attached hydrogen (secondary N) is 6. The summed E-state index contributed by atoms with van der Waals surface area (Å²) in [5.41, 5.74) is 7.87. The summed E-state index contributed by atoms with van der Waals surface area (Å²) < 4.78 is 36.3. The molecule has 7 N–H and O–H groups in total. The number of piperidine rings is 1. The van der Waals surface area contributed by atoms with Gasteiger partial charge >= 0.3 is 0 Å². The van der Waals surface area contributed by atoms with E-state index in [9.17, 15) is 38.0 Å². The molecule has 6 aromatic rings. The number of aromatic amines is 1. The van der Waals surface area contributed by atoms with Crippen LogP contribution in [0.4, 0.5) is 17.1 Å². The van der Waals surface area contributed by atoms with Gasteiger partial charge in [-0.05, 0) is 153 Å². The zero-order valence-corrected chi connectivity index (χ0v) is 49.7. The fourth-order valence-electron chi connectivity index (χ4n) is 12.8. The zero-order chi connectivity index (χ0) is 59.6. The zero-order valence-electron chi connectivity index (χ0n) is 48.1. The molecule has 1 unspecified atom stereocenters. The van der Waals surface area contributed by atoms with Crippen molar-refractivity contribution in [3.05, 3.63) is 147 Å². The van der Waals surface area contributed by atoms with Crippen molar-refractivity contribution in [3.8, 4) is 11.5 Å². The molecule has 11 rings (SSSR count). The van der Waals surface area contributed by atoms with E-state index in [1.54, 1.807) is 29.3 Å². The number of allylic oxidation sites excluding steroid dienone is 1. The van der Waals surface area contributed by atoms with Gasteiger partial charge in [-0.25, -0.2) is 18.1 Å². The van der Waals surface area contributed by atoms with E-state index in [4.69, 9.17) is 16.3 Å². The quantitative estimate of drug-likeness (QED) is 0.0213. The lowest BCUT2D eigenvalue weighted by molar-refractivity contribution is -0.136. The van der Waals surface area contributed by atoms with Crippen LogP contribution >= 0.6 is 11.6 Å². The van der Waals surface area contributed by atoms with Crippen LogP contribution in [0.2, 0.25) is 5.02 Å². The number of H-pyrrole nitrogens is 1. The fourth-order valence-corrected chi connectivity index (χ4v) is 13.9. The van der Waals surface area contributed by atoms with Crippen LogP contribution < -0.4 is 36.0 Å². The van der Waals surface area contributed by atoms with Crippen molar-refractivity contribution >= 4 is 78.9 Å². The van der Waals surface area contributed by atoms with Crippen LogP contribution in [-0.4, -0.2) is 126 Å². The number of aromatic nitrogens is 2. The molecule has 4 aromatic carbocycles. The van der Waals surface area contributed by atoms with Crippen molar-refractivity contribution in [1.82, 2.24) is 40.0 Å². The highest BCUT2D eigenvalue weighted by molar-refractivity contribution is 7.90. The van der Waals surface area contributed by atoms with E-state index in [0.717, 1.165) is 100 Å². The van der Waals surface area contributed by atoms with Crippen LogP contribution in [0.1, 0.15) is 116 Å². The molecule has 22 heteroatoms. The molecule has 3 aliphatic heterocycles. The summed E-state index contributed by atoms with van der Waals surface area (Å²) in [5, 5.41) is 36.6. The van der Waals surface area contributed by atoms with E-state index in [-0.39, 0.29) is 57.5 Å². The number of ether oxygens (including phenoxy) is 1. The maximum atomic E-state index is 14.1. The maximum absolute atomic E-state index is 14.1. The average Bonchev–Trinajstić information content (AvgIpc) is 2.61. The molecule has 0 radical (unpaired) electrons. The molecule has 4 amide bonds. The van der Waals surface area contributed by atoms with E-state index < -0.39 is 32.8 Å². The Morgan fingerprint density at radius 2 is 1.74 bits per heavy atom. The van der Waals surface area contributed by atoms with Crippen molar-refractivity contribution in [2.45, 2.75) is 115 Å². The van der Waals surface area contributed by atoms with Gasteiger partial charge in [0.1, 0.15) is 23.2 Å². The number of pyridine rings is 1. The Morgan fingerprint density at radius 1 is 0.929 bits per heavy atom. The smallest absolute Gasteiger partial charge is 0.268 e. The summed E-state index contributed by atoms with van der Waals surface area (Å²) in [4.78, 5) is 65.3. The lowest BCUT2D eigenvalue weighted by atomic mass is 9.72. The molecular weight excluding hydrogens is 1120 g/mol. The van der Waals surface area contributed by atoms with Gasteiger partial charge < -0.3 is 41.0 Å². The largest absolute Gasteiger partial charge is 0.733 e. The van der Waals surface area contributed by atoms with Crippen molar-refractivity contribution in [2.24, 2.45) is 11.3 Å². The Balaban J connectivity index is 0.674.